The van der Waals surface area contributed by atoms with E-state index in [9.17, 15) is 13.2 Å². The number of thiophene rings is 1. The molecule has 8 heteroatoms. The van der Waals surface area contributed by atoms with Gasteiger partial charge in [-0.25, -0.2) is 13.2 Å². The molecule has 18 heavy (non-hydrogen) atoms. The van der Waals surface area contributed by atoms with Gasteiger partial charge in [0.2, 0.25) is 0 Å². The van der Waals surface area contributed by atoms with Crippen LogP contribution in [0, 0.1) is 0 Å². The third-order valence-corrected chi connectivity index (χ3v) is 6.12. The summed E-state index contributed by atoms with van der Waals surface area (Å²) in [5.74, 6) is -1.14. The monoisotopic (exact) mass is 291 g/mol. The molecule has 0 saturated heterocycles. The van der Waals surface area contributed by atoms with E-state index in [1.54, 1.807) is 0 Å². The summed E-state index contributed by atoms with van der Waals surface area (Å²) >= 11 is 0.736. The van der Waals surface area contributed by atoms with Crippen molar-refractivity contribution in [2.24, 2.45) is 0 Å². The molecule has 0 radical (unpaired) electrons. The van der Waals surface area contributed by atoms with E-state index in [2.05, 4.69) is 0 Å². The number of aliphatic hydroxyl groups excluding tert-OH is 1. The Kier molecular flexibility index (Phi) is 3.71. The minimum Gasteiger partial charge on any atom is -0.477 e. The van der Waals surface area contributed by atoms with Crippen LogP contribution in [0.2, 0.25) is 0 Å². The standard InChI is InChI=1S/C10H13NO5S2/c12-6-5-11(7-1-2-7)18(15,16)9-4-3-8(17-9)10(13)14/h3-4,7,12H,1-2,5-6H2,(H,13,14). The zero-order chi connectivity index (χ0) is 13.3. The van der Waals surface area contributed by atoms with Crippen LogP contribution in [0.3, 0.4) is 0 Å². The number of hydrogen-bond donors (Lipinski definition) is 2. The second kappa shape index (κ2) is 4.96. The molecule has 6 nitrogen and oxygen atoms in total. The molecule has 0 aromatic carbocycles. The van der Waals surface area contributed by atoms with Crippen LogP contribution in [0.4, 0.5) is 0 Å². The smallest absolute Gasteiger partial charge is 0.345 e. The molecular formula is C10H13NO5S2. The fourth-order valence-electron chi connectivity index (χ4n) is 1.65. The van der Waals surface area contributed by atoms with Crippen LogP contribution in [0.5, 0.6) is 0 Å². The number of rotatable bonds is 6. The molecule has 0 atom stereocenters. The van der Waals surface area contributed by atoms with Crippen molar-refractivity contribution in [3.05, 3.63) is 17.0 Å². The highest BCUT2D eigenvalue weighted by Crippen LogP contribution is 2.33. The Morgan fingerprint density at radius 3 is 2.56 bits per heavy atom. The first-order valence-corrected chi connectivity index (χ1v) is 7.68. The quantitative estimate of drug-likeness (QED) is 0.800. The zero-order valence-electron chi connectivity index (χ0n) is 9.44. The lowest BCUT2D eigenvalue weighted by molar-refractivity contribution is 0.0702. The summed E-state index contributed by atoms with van der Waals surface area (Å²) in [4.78, 5) is 10.7. The molecule has 0 aliphatic heterocycles. The number of aromatic carboxylic acids is 1. The molecule has 2 rings (SSSR count). The third-order valence-electron chi connectivity index (χ3n) is 2.63. The number of sulfonamides is 1. The molecule has 1 fully saturated rings. The van der Waals surface area contributed by atoms with Gasteiger partial charge in [-0.3, -0.25) is 0 Å². The van der Waals surface area contributed by atoms with Gasteiger partial charge in [-0.15, -0.1) is 11.3 Å². The first-order chi connectivity index (χ1) is 8.46. The Morgan fingerprint density at radius 1 is 1.44 bits per heavy atom. The van der Waals surface area contributed by atoms with Crippen molar-refractivity contribution in [2.45, 2.75) is 23.1 Å². The predicted octanol–water partition coefficient (Wildman–Crippen LogP) is 0.592. The van der Waals surface area contributed by atoms with Gasteiger partial charge >= 0.3 is 5.97 Å². The van der Waals surface area contributed by atoms with Crippen molar-refractivity contribution in [1.82, 2.24) is 4.31 Å². The van der Waals surface area contributed by atoms with Gasteiger partial charge in [0, 0.05) is 12.6 Å². The SMILES string of the molecule is O=C(O)c1ccc(S(=O)(=O)N(CCO)C2CC2)s1. The fraction of sp³-hybridized carbons (Fsp3) is 0.500. The molecule has 1 aliphatic carbocycles. The molecule has 0 unspecified atom stereocenters. The number of carbonyl (C=O) groups is 1. The molecule has 1 aromatic rings. The van der Waals surface area contributed by atoms with Crippen molar-refractivity contribution in [2.75, 3.05) is 13.2 Å². The average Bonchev–Trinajstić information content (AvgIpc) is 2.99. The van der Waals surface area contributed by atoms with E-state index in [1.807, 2.05) is 0 Å². The number of hydrogen-bond acceptors (Lipinski definition) is 5. The van der Waals surface area contributed by atoms with Crippen LogP contribution < -0.4 is 0 Å². The summed E-state index contributed by atoms with van der Waals surface area (Å²) < 4.78 is 25.8. The first-order valence-electron chi connectivity index (χ1n) is 5.42. The molecule has 100 valence electrons. The van der Waals surface area contributed by atoms with Gasteiger partial charge in [-0.1, -0.05) is 0 Å². The Morgan fingerprint density at radius 2 is 2.11 bits per heavy atom. The minimum atomic E-state index is -3.68. The lowest BCUT2D eigenvalue weighted by Gasteiger charge is -2.19. The van der Waals surface area contributed by atoms with E-state index >= 15 is 0 Å². The van der Waals surface area contributed by atoms with E-state index in [4.69, 9.17) is 10.2 Å². The summed E-state index contributed by atoms with van der Waals surface area (Å²) in [5.41, 5.74) is 0. The Bertz CT molecular complexity index is 546. The van der Waals surface area contributed by atoms with E-state index in [0.29, 0.717) is 0 Å². The summed E-state index contributed by atoms with van der Waals surface area (Å²) in [6, 6.07) is 2.53. The molecule has 1 aromatic heterocycles. The molecular weight excluding hydrogens is 278 g/mol. The van der Waals surface area contributed by atoms with Gasteiger partial charge in [0.25, 0.3) is 10.0 Å². The number of carboxylic acid groups (broad SMARTS) is 1. The molecule has 1 heterocycles. The van der Waals surface area contributed by atoms with Crippen molar-refractivity contribution < 1.29 is 23.4 Å². The average molecular weight is 291 g/mol. The third kappa shape index (κ3) is 2.56. The molecule has 0 bridgehead atoms. The summed E-state index contributed by atoms with van der Waals surface area (Å²) in [6.45, 7) is -0.194. The number of carboxylic acids is 1. The number of nitrogens with zero attached hydrogens (tertiary/aromatic N) is 1. The highest BCUT2D eigenvalue weighted by atomic mass is 32.2. The topological polar surface area (TPSA) is 94.9 Å². The van der Waals surface area contributed by atoms with Crippen LogP contribution in [-0.4, -0.2) is 48.1 Å². The maximum atomic E-state index is 12.3. The van der Waals surface area contributed by atoms with E-state index in [1.165, 1.54) is 16.4 Å². The van der Waals surface area contributed by atoms with Crippen LogP contribution in [0.15, 0.2) is 16.3 Å². The van der Waals surface area contributed by atoms with Crippen LogP contribution in [0.25, 0.3) is 0 Å². The maximum Gasteiger partial charge on any atom is 0.345 e. The Balaban J connectivity index is 2.30. The zero-order valence-corrected chi connectivity index (χ0v) is 11.1. The lowest BCUT2D eigenvalue weighted by Crippen LogP contribution is -2.35. The lowest BCUT2D eigenvalue weighted by atomic mass is 10.5. The van der Waals surface area contributed by atoms with Gasteiger partial charge < -0.3 is 10.2 Å². The molecule has 0 amide bonds. The van der Waals surface area contributed by atoms with Crippen LogP contribution in [0.1, 0.15) is 22.5 Å². The normalized spacial score (nSPS) is 16.1. The maximum absolute atomic E-state index is 12.3. The van der Waals surface area contributed by atoms with Gasteiger partial charge in [0.15, 0.2) is 0 Å². The first kappa shape index (κ1) is 13.5. The van der Waals surface area contributed by atoms with E-state index in [0.717, 1.165) is 24.2 Å². The van der Waals surface area contributed by atoms with Crippen LogP contribution >= 0.6 is 11.3 Å². The molecule has 2 N–H and O–H groups in total. The Hall–Kier alpha value is -0.960. The van der Waals surface area contributed by atoms with Gasteiger partial charge in [-0.05, 0) is 25.0 Å². The largest absolute Gasteiger partial charge is 0.477 e. The second-order valence-corrected chi connectivity index (χ2v) is 7.20. The van der Waals surface area contributed by atoms with Gasteiger partial charge in [0.1, 0.15) is 9.09 Å². The molecule has 0 spiro atoms. The highest BCUT2D eigenvalue weighted by Gasteiger charge is 2.38. The summed E-state index contributed by atoms with van der Waals surface area (Å²) in [7, 11) is -3.68. The van der Waals surface area contributed by atoms with Crippen molar-refractivity contribution >= 4 is 27.3 Å². The Labute approximate surface area is 109 Å². The van der Waals surface area contributed by atoms with Crippen molar-refractivity contribution in [3.8, 4) is 0 Å². The van der Waals surface area contributed by atoms with Crippen molar-refractivity contribution in [1.29, 1.82) is 0 Å². The molecule has 1 saturated carbocycles. The predicted molar refractivity (Wildman–Crippen MR) is 65.3 cm³/mol. The summed E-state index contributed by atoms with van der Waals surface area (Å²) in [6.07, 6.45) is 1.58. The van der Waals surface area contributed by atoms with E-state index in [-0.39, 0.29) is 28.3 Å². The second-order valence-electron chi connectivity index (χ2n) is 3.99. The number of aliphatic hydroxyl groups is 1. The van der Waals surface area contributed by atoms with Crippen molar-refractivity contribution in [3.63, 3.8) is 0 Å². The minimum absolute atomic E-state index is 0.00618. The van der Waals surface area contributed by atoms with Gasteiger partial charge in [-0.2, -0.15) is 4.31 Å². The molecule has 1 aliphatic rings. The van der Waals surface area contributed by atoms with Gasteiger partial charge in [0.05, 0.1) is 6.61 Å². The van der Waals surface area contributed by atoms with Crippen LogP contribution in [-0.2, 0) is 10.0 Å². The highest BCUT2D eigenvalue weighted by molar-refractivity contribution is 7.91. The summed E-state index contributed by atoms with van der Waals surface area (Å²) in [5, 5.41) is 17.7. The fourth-order valence-corrected chi connectivity index (χ4v) is 4.60. The van der Waals surface area contributed by atoms with E-state index < -0.39 is 16.0 Å².